The number of ether oxygens (including phenoxy) is 1. The molecular weight excluding hydrogens is 360 g/mol. The number of anilines is 1. The maximum Gasteiger partial charge on any atom is 0.336 e. The van der Waals surface area contributed by atoms with Crippen LogP contribution in [-0.2, 0) is 20.7 Å². The number of carbonyl (C=O) groups excluding carboxylic acids is 2. The third-order valence-electron chi connectivity index (χ3n) is 5.20. The van der Waals surface area contributed by atoms with E-state index in [2.05, 4.69) is 6.92 Å². The van der Waals surface area contributed by atoms with Crippen LogP contribution >= 0.6 is 0 Å². The summed E-state index contributed by atoms with van der Waals surface area (Å²) >= 11 is 0. The summed E-state index contributed by atoms with van der Waals surface area (Å²) in [7, 11) is 0. The average molecular weight is 378 g/mol. The van der Waals surface area contributed by atoms with Gasteiger partial charge in [-0.1, -0.05) is 31.2 Å². The standard InChI is InChI=1S/C21H18N2O5/c1-2-13-6-8-15(9-7-13)22-18-12-28-21(25)20(18)17(11-19(22)24)14-4-3-5-16(10-14)23(26)27/h3-10,17H,2,11-12H2,1H3. The second kappa shape index (κ2) is 6.92. The number of benzene rings is 2. The number of carbonyl (C=O) groups is 2. The summed E-state index contributed by atoms with van der Waals surface area (Å²) < 4.78 is 5.23. The molecule has 0 N–H and O–H groups in total. The molecule has 2 heterocycles. The van der Waals surface area contributed by atoms with Gasteiger partial charge in [0.2, 0.25) is 5.91 Å². The van der Waals surface area contributed by atoms with Crippen molar-refractivity contribution in [3.8, 4) is 0 Å². The number of esters is 1. The summed E-state index contributed by atoms with van der Waals surface area (Å²) in [4.78, 5) is 37.6. The molecule has 2 aliphatic heterocycles. The minimum Gasteiger partial charge on any atom is -0.456 e. The molecule has 0 radical (unpaired) electrons. The van der Waals surface area contributed by atoms with Crippen LogP contribution in [0.4, 0.5) is 11.4 Å². The quantitative estimate of drug-likeness (QED) is 0.461. The fourth-order valence-corrected chi connectivity index (χ4v) is 3.77. The van der Waals surface area contributed by atoms with Crippen molar-refractivity contribution in [3.63, 3.8) is 0 Å². The van der Waals surface area contributed by atoms with Crippen LogP contribution in [-0.4, -0.2) is 23.4 Å². The number of cyclic esters (lactones) is 1. The molecule has 1 amide bonds. The third kappa shape index (κ3) is 2.94. The first-order valence-electron chi connectivity index (χ1n) is 9.06. The lowest BCUT2D eigenvalue weighted by atomic mass is 9.84. The van der Waals surface area contributed by atoms with Crippen LogP contribution in [0.15, 0.2) is 59.8 Å². The van der Waals surface area contributed by atoms with Gasteiger partial charge < -0.3 is 4.74 Å². The number of nitrogens with zero attached hydrogens (tertiary/aromatic N) is 2. The van der Waals surface area contributed by atoms with Gasteiger partial charge in [-0.25, -0.2) is 4.79 Å². The summed E-state index contributed by atoms with van der Waals surface area (Å²) in [6.45, 7) is 2.07. The fourth-order valence-electron chi connectivity index (χ4n) is 3.77. The first-order valence-corrected chi connectivity index (χ1v) is 9.06. The molecule has 142 valence electrons. The summed E-state index contributed by atoms with van der Waals surface area (Å²) in [6.07, 6.45) is 0.934. The highest BCUT2D eigenvalue weighted by atomic mass is 16.6. The van der Waals surface area contributed by atoms with Crippen molar-refractivity contribution in [2.45, 2.75) is 25.7 Å². The number of non-ortho nitro benzene ring substituents is 1. The van der Waals surface area contributed by atoms with Crippen molar-refractivity contribution < 1.29 is 19.2 Å². The number of rotatable bonds is 4. The number of nitro groups is 1. The van der Waals surface area contributed by atoms with Crippen molar-refractivity contribution >= 4 is 23.3 Å². The van der Waals surface area contributed by atoms with E-state index in [9.17, 15) is 19.7 Å². The number of aryl methyl sites for hydroxylation is 1. The molecule has 0 aliphatic carbocycles. The predicted octanol–water partition coefficient (Wildman–Crippen LogP) is 3.49. The summed E-state index contributed by atoms with van der Waals surface area (Å²) in [5.74, 6) is -1.20. The molecule has 28 heavy (non-hydrogen) atoms. The number of nitro benzene ring substituents is 1. The normalized spacial score (nSPS) is 18.9. The van der Waals surface area contributed by atoms with E-state index in [0.29, 0.717) is 22.5 Å². The monoisotopic (exact) mass is 378 g/mol. The lowest BCUT2D eigenvalue weighted by molar-refractivity contribution is -0.384. The van der Waals surface area contributed by atoms with Gasteiger partial charge in [0.25, 0.3) is 5.69 Å². The Morgan fingerprint density at radius 3 is 2.61 bits per heavy atom. The van der Waals surface area contributed by atoms with Gasteiger partial charge in [-0.15, -0.1) is 0 Å². The topological polar surface area (TPSA) is 89.8 Å². The molecule has 0 spiro atoms. The van der Waals surface area contributed by atoms with Crippen molar-refractivity contribution in [1.82, 2.24) is 0 Å². The van der Waals surface area contributed by atoms with Crippen LogP contribution in [0.3, 0.4) is 0 Å². The van der Waals surface area contributed by atoms with Gasteiger partial charge in [-0.05, 0) is 29.7 Å². The van der Waals surface area contributed by atoms with Crippen LogP contribution in [0.2, 0.25) is 0 Å². The fraction of sp³-hybridized carbons (Fsp3) is 0.238. The van der Waals surface area contributed by atoms with Gasteiger partial charge in [0.1, 0.15) is 6.61 Å². The molecule has 2 aromatic rings. The zero-order valence-electron chi connectivity index (χ0n) is 15.3. The van der Waals surface area contributed by atoms with E-state index in [-0.39, 0.29) is 24.6 Å². The molecule has 0 saturated carbocycles. The van der Waals surface area contributed by atoms with Gasteiger partial charge in [0.15, 0.2) is 0 Å². The average Bonchev–Trinajstić information content (AvgIpc) is 3.09. The van der Waals surface area contributed by atoms with Crippen molar-refractivity contribution in [2.24, 2.45) is 0 Å². The van der Waals surface area contributed by atoms with Crippen molar-refractivity contribution in [3.05, 3.63) is 81.0 Å². The Hall–Kier alpha value is -3.48. The second-order valence-corrected chi connectivity index (χ2v) is 6.79. The minimum atomic E-state index is -0.552. The highest BCUT2D eigenvalue weighted by molar-refractivity contribution is 6.06. The van der Waals surface area contributed by atoms with Gasteiger partial charge in [-0.2, -0.15) is 0 Å². The molecule has 0 bridgehead atoms. The number of hydrogen-bond donors (Lipinski definition) is 0. The van der Waals surface area contributed by atoms with E-state index in [1.807, 2.05) is 24.3 Å². The molecule has 2 aromatic carbocycles. The number of amides is 1. The Morgan fingerprint density at radius 1 is 1.18 bits per heavy atom. The highest BCUT2D eigenvalue weighted by Crippen LogP contribution is 2.42. The third-order valence-corrected chi connectivity index (χ3v) is 5.20. The Balaban J connectivity index is 1.79. The summed E-state index contributed by atoms with van der Waals surface area (Å²) in [5.41, 5.74) is 3.24. The van der Waals surface area contributed by atoms with Gasteiger partial charge in [-0.3, -0.25) is 19.8 Å². The summed E-state index contributed by atoms with van der Waals surface area (Å²) in [5, 5.41) is 11.1. The lowest BCUT2D eigenvalue weighted by Crippen LogP contribution is -2.37. The first-order chi connectivity index (χ1) is 13.5. The molecule has 7 nitrogen and oxygen atoms in total. The molecule has 4 rings (SSSR count). The van der Waals surface area contributed by atoms with Crippen LogP contribution in [0, 0.1) is 10.1 Å². The van der Waals surface area contributed by atoms with E-state index < -0.39 is 16.8 Å². The Morgan fingerprint density at radius 2 is 1.93 bits per heavy atom. The Kier molecular flexibility index (Phi) is 4.43. The maximum absolute atomic E-state index is 13.0. The number of hydrogen-bond acceptors (Lipinski definition) is 5. The van der Waals surface area contributed by atoms with Crippen LogP contribution in [0.1, 0.15) is 30.4 Å². The predicted molar refractivity (Wildman–Crippen MR) is 102 cm³/mol. The highest BCUT2D eigenvalue weighted by Gasteiger charge is 2.43. The molecule has 2 aliphatic rings. The largest absolute Gasteiger partial charge is 0.456 e. The van der Waals surface area contributed by atoms with E-state index in [1.165, 1.54) is 17.0 Å². The van der Waals surface area contributed by atoms with E-state index in [1.54, 1.807) is 12.1 Å². The molecule has 0 fully saturated rings. The zero-order chi connectivity index (χ0) is 19.8. The zero-order valence-corrected chi connectivity index (χ0v) is 15.3. The maximum atomic E-state index is 13.0. The van der Waals surface area contributed by atoms with E-state index in [0.717, 1.165) is 12.0 Å². The van der Waals surface area contributed by atoms with Gasteiger partial charge >= 0.3 is 5.97 Å². The second-order valence-electron chi connectivity index (χ2n) is 6.79. The van der Waals surface area contributed by atoms with E-state index >= 15 is 0 Å². The smallest absolute Gasteiger partial charge is 0.336 e. The lowest BCUT2D eigenvalue weighted by Gasteiger charge is -2.31. The molecule has 7 heteroatoms. The summed E-state index contributed by atoms with van der Waals surface area (Å²) in [6, 6.07) is 13.7. The Labute approximate surface area is 161 Å². The molecule has 0 saturated heterocycles. The van der Waals surface area contributed by atoms with Crippen LogP contribution in [0.25, 0.3) is 0 Å². The minimum absolute atomic E-state index is 0.0147. The van der Waals surface area contributed by atoms with Gasteiger partial charge in [0, 0.05) is 30.2 Å². The van der Waals surface area contributed by atoms with Crippen molar-refractivity contribution in [1.29, 1.82) is 0 Å². The molecule has 1 atom stereocenters. The van der Waals surface area contributed by atoms with Crippen molar-refractivity contribution in [2.75, 3.05) is 11.5 Å². The first kappa shape index (κ1) is 17.9. The molecule has 0 aromatic heterocycles. The SMILES string of the molecule is CCc1ccc(N2C(=O)CC(c3cccc([N+](=O)[O-])c3)C3=C2COC3=O)cc1. The van der Waals surface area contributed by atoms with E-state index in [4.69, 9.17) is 4.74 Å². The Bertz CT molecular complexity index is 1010. The van der Waals surface area contributed by atoms with Crippen LogP contribution < -0.4 is 4.90 Å². The molecule has 1 unspecified atom stereocenters. The van der Waals surface area contributed by atoms with Gasteiger partial charge in [0.05, 0.1) is 16.2 Å². The molecular formula is C21H18N2O5. The van der Waals surface area contributed by atoms with Crippen LogP contribution in [0.5, 0.6) is 0 Å².